The minimum atomic E-state index is -0.0165. The first-order valence-corrected chi connectivity index (χ1v) is 12.4. The molecule has 33 heavy (non-hydrogen) atoms. The van der Waals surface area contributed by atoms with Gasteiger partial charge in [0.2, 0.25) is 11.8 Å². The van der Waals surface area contributed by atoms with E-state index in [1.165, 1.54) is 11.8 Å². The Hall–Kier alpha value is -2.71. The van der Waals surface area contributed by atoms with Crippen LogP contribution < -0.4 is 14.8 Å². The molecule has 0 atom stereocenters. The first-order valence-electron chi connectivity index (χ1n) is 11.4. The molecule has 8 heteroatoms. The number of carbonyl (C=O) groups excluding carboxylic acids is 2. The summed E-state index contributed by atoms with van der Waals surface area (Å²) in [5, 5.41) is 3.04. The van der Waals surface area contributed by atoms with Crippen LogP contribution in [0.15, 0.2) is 41.3 Å². The van der Waals surface area contributed by atoms with E-state index in [0.717, 1.165) is 39.6 Å². The largest absolute Gasteiger partial charge is 0.490 e. The van der Waals surface area contributed by atoms with Crippen molar-refractivity contribution in [2.75, 3.05) is 57.0 Å². The minimum Gasteiger partial charge on any atom is -0.490 e. The molecule has 2 aliphatic heterocycles. The molecule has 2 aliphatic rings. The van der Waals surface area contributed by atoms with E-state index in [0.29, 0.717) is 51.7 Å². The molecule has 0 radical (unpaired) electrons. The van der Waals surface area contributed by atoms with Crippen LogP contribution in [-0.2, 0) is 9.59 Å². The third kappa shape index (κ3) is 6.21. The van der Waals surface area contributed by atoms with Gasteiger partial charge in [-0.25, -0.2) is 0 Å². The molecule has 2 heterocycles. The Balaban J connectivity index is 1.21. The molecule has 2 aromatic carbocycles. The van der Waals surface area contributed by atoms with Gasteiger partial charge in [-0.1, -0.05) is 18.2 Å². The number of amides is 2. The molecule has 4 rings (SSSR count). The highest BCUT2D eigenvalue weighted by Gasteiger charge is 2.23. The first kappa shape index (κ1) is 23.4. The summed E-state index contributed by atoms with van der Waals surface area (Å²) in [6, 6.07) is 11.8. The Kier molecular flexibility index (Phi) is 7.77. The standard InChI is InChI=1S/C25H31N3O4S/c1-18-5-3-6-19(2)25(18)26-23(29)16-27-9-11-28(12-10-27)24(30)17-33-20-7-8-21-22(15-20)32-14-4-13-31-21/h3,5-8,15H,4,9-14,16-17H2,1-2H3,(H,26,29). The number of hydrogen-bond acceptors (Lipinski definition) is 6. The maximum absolute atomic E-state index is 12.7. The molecule has 0 unspecified atom stereocenters. The maximum Gasteiger partial charge on any atom is 0.238 e. The van der Waals surface area contributed by atoms with Crippen LogP contribution in [0.25, 0.3) is 0 Å². The molecule has 176 valence electrons. The van der Waals surface area contributed by atoms with E-state index in [4.69, 9.17) is 9.47 Å². The third-order valence-electron chi connectivity index (χ3n) is 5.92. The molecule has 2 aromatic rings. The van der Waals surface area contributed by atoms with Crippen molar-refractivity contribution in [2.45, 2.75) is 25.2 Å². The molecule has 0 saturated carbocycles. The zero-order valence-electron chi connectivity index (χ0n) is 19.3. The predicted molar refractivity (Wildman–Crippen MR) is 130 cm³/mol. The number of carbonyl (C=O) groups is 2. The van der Waals surface area contributed by atoms with Gasteiger partial charge >= 0.3 is 0 Å². The van der Waals surface area contributed by atoms with Crippen LogP contribution in [0.4, 0.5) is 5.69 Å². The summed E-state index contributed by atoms with van der Waals surface area (Å²) in [7, 11) is 0. The van der Waals surface area contributed by atoms with E-state index < -0.39 is 0 Å². The lowest BCUT2D eigenvalue weighted by molar-refractivity contribution is -0.130. The number of hydrogen-bond donors (Lipinski definition) is 1. The highest BCUT2D eigenvalue weighted by atomic mass is 32.2. The highest BCUT2D eigenvalue weighted by Crippen LogP contribution is 2.34. The van der Waals surface area contributed by atoms with E-state index in [1.54, 1.807) is 0 Å². The lowest BCUT2D eigenvalue weighted by Crippen LogP contribution is -2.50. The topological polar surface area (TPSA) is 71.1 Å². The fourth-order valence-electron chi connectivity index (χ4n) is 4.02. The number of piperazine rings is 1. The van der Waals surface area contributed by atoms with Crippen LogP contribution in [0.3, 0.4) is 0 Å². The summed E-state index contributed by atoms with van der Waals surface area (Å²) in [6.45, 7) is 8.30. The Labute approximate surface area is 199 Å². The molecule has 1 saturated heterocycles. The number of anilines is 1. The molecular weight excluding hydrogens is 438 g/mol. The van der Waals surface area contributed by atoms with Gasteiger partial charge in [0.15, 0.2) is 11.5 Å². The third-order valence-corrected chi connectivity index (χ3v) is 6.90. The number of benzene rings is 2. The van der Waals surface area contributed by atoms with Crippen molar-refractivity contribution in [3.63, 3.8) is 0 Å². The second-order valence-electron chi connectivity index (χ2n) is 8.42. The van der Waals surface area contributed by atoms with Crippen LogP contribution in [0.2, 0.25) is 0 Å². The lowest BCUT2D eigenvalue weighted by Gasteiger charge is -2.34. The molecule has 0 spiro atoms. The van der Waals surface area contributed by atoms with Gasteiger partial charge < -0.3 is 19.7 Å². The highest BCUT2D eigenvalue weighted by molar-refractivity contribution is 8.00. The number of aryl methyl sites for hydroxylation is 2. The van der Waals surface area contributed by atoms with E-state index >= 15 is 0 Å². The zero-order chi connectivity index (χ0) is 23.2. The molecule has 2 amide bonds. The van der Waals surface area contributed by atoms with Crippen LogP contribution in [0.5, 0.6) is 11.5 Å². The summed E-state index contributed by atoms with van der Waals surface area (Å²) in [6.07, 6.45) is 0.870. The van der Waals surface area contributed by atoms with E-state index in [-0.39, 0.29) is 11.8 Å². The SMILES string of the molecule is Cc1cccc(C)c1NC(=O)CN1CCN(C(=O)CSc2ccc3c(c2)OCCCO3)CC1. The lowest BCUT2D eigenvalue weighted by atomic mass is 10.1. The normalized spacial score (nSPS) is 16.2. The number of rotatable bonds is 6. The van der Waals surface area contributed by atoms with Gasteiger partial charge in [-0.05, 0) is 43.2 Å². The molecule has 1 fully saturated rings. The summed E-state index contributed by atoms with van der Waals surface area (Å²) in [5.74, 6) is 2.00. The molecule has 0 bridgehead atoms. The molecule has 1 N–H and O–H groups in total. The van der Waals surface area contributed by atoms with Crippen molar-refractivity contribution >= 4 is 29.3 Å². The Morgan fingerprint density at radius 2 is 1.67 bits per heavy atom. The number of para-hydroxylation sites is 1. The van der Waals surface area contributed by atoms with Gasteiger partial charge in [-0.3, -0.25) is 14.5 Å². The smallest absolute Gasteiger partial charge is 0.238 e. The number of nitrogens with zero attached hydrogens (tertiary/aromatic N) is 2. The molecule has 0 aromatic heterocycles. The number of thioether (sulfide) groups is 1. The number of fused-ring (bicyclic) bond motifs is 1. The van der Waals surface area contributed by atoms with E-state index in [2.05, 4.69) is 10.2 Å². The van der Waals surface area contributed by atoms with Gasteiger partial charge in [0, 0.05) is 43.2 Å². The van der Waals surface area contributed by atoms with Crippen molar-refractivity contribution in [3.8, 4) is 11.5 Å². The quantitative estimate of drug-likeness (QED) is 0.655. The molecule has 7 nitrogen and oxygen atoms in total. The predicted octanol–water partition coefficient (Wildman–Crippen LogP) is 3.34. The van der Waals surface area contributed by atoms with Crippen molar-refractivity contribution in [2.24, 2.45) is 0 Å². The van der Waals surface area contributed by atoms with Crippen LogP contribution >= 0.6 is 11.8 Å². The summed E-state index contributed by atoms with van der Waals surface area (Å²) in [4.78, 5) is 30.2. The molecular formula is C25H31N3O4S. The number of ether oxygens (including phenoxy) is 2. The van der Waals surface area contributed by atoms with Gasteiger partial charge in [0.25, 0.3) is 0 Å². The second-order valence-corrected chi connectivity index (χ2v) is 9.47. The van der Waals surface area contributed by atoms with Crippen molar-refractivity contribution in [1.29, 1.82) is 0 Å². The van der Waals surface area contributed by atoms with Crippen molar-refractivity contribution in [1.82, 2.24) is 9.80 Å². The number of nitrogens with one attached hydrogen (secondary N) is 1. The fourth-order valence-corrected chi connectivity index (χ4v) is 4.85. The van der Waals surface area contributed by atoms with Gasteiger partial charge in [-0.2, -0.15) is 0 Å². The Morgan fingerprint density at radius 3 is 2.39 bits per heavy atom. The zero-order valence-corrected chi connectivity index (χ0v) is 20.1. The summed E-state index contributed by atoms with van der Waals surface area (Å²) in [5.41, 5.74) is 3.01. The summed E-state index contributed by atoms with van der Waals surface area (Å²) < 4.78 is 11.4. The van der Waals surface area contributed by atoms with E-state index in [1.807, 2.05) is 55.1 Å². The van der Waals surface area contributed by atoms with Crippen LogP contribution in [0.1, 0.15) is 17.5 Å². The van der Waals surface area contributed by atoms with Crippen molar-refractivity contribution in [3.05, 3.63) is 47.5 Å². The van der Waals surface area contributed by atoms with Crippen LogP contribution in [0, 0.1) is 13.8 Å². The first-order chi connectivity index (χ1) is 16.0. The Bertz CT molecular complexity index is 985. The minimum absolute atomic E-state index is 0.0165. The van der Waals surface area contributed by atoms with Gasteiger partial charge in [-0.15, -0.1) is 11.8 Å². The molecule has 0 aliphatic carbocycles. The average Bonchev–Trinajstić information content (AvgIpc) is 3.05. The Morgan fingerprint density at radius 1 is 0.970 bits per heavy atom. The average molecular weight is 470 g/mol. The van der Waals surface area contributed by atoms with Crippen LogP contribution in [-0.4, -0.2) is 73.3 Å². The van der Waals surface area contributed by atoms with Gasteiger partial charge in [0.05, 0.1) is 25.5 Å². The van der Waals surface area contributed by atoms with Crippen molar-refractivity contribution < 1.29 is 19.1 Å². The summed E-state index contributed by atoms with van der Waals surface area (Å²) >= 11 is 1.51. The second kappa shape index (κ2) is 10.9. The monoisotopic (exact) mass is 469 g/mol. The van der Waals surface area contributed by atoms with E-state index in [9.17, 15) is 9.59 Å². The fraction of sp³-hybridized carbons (Fsp3) is 0.440. The van der Waals surface area contributed by atoms with Gasteiger partial charge in [0.1, 0.15) is 0 Å². The maximum atomic E-state index is 12.7.